The number of hydrogen-bond acceptors (Lipinski definition) is 3. The molecular formula is C16H22N2O3. The summed E-state index contributed by atoms with van der Waals surface area (Å²) in [5, 5.41) is 8.77. The lowest BCUT2D eigenvalue weighted by molar-refractivity contribution is -0.137. The van der Waals surface area contributed by atoms with Gasteiger partial charge in [-0.25, -0.2) is 0 Å². The van der Waals surface area contributed by atoms with Crippen molar-refractivity contribution in [3.63, 3.8) is 0 Å². The summed E-state index contributed by atoms with van der Waals surface area (Å²) in [5.74, 6) is -0.463. The van der Waals surface area contributed by atoms with Crippen molar-refractivity contribution < 1.29 is 14.7 Å². The Bertz CT molecular complexity index is 542. The van der Waals surface area contributed by atoms with Crippen LogP contribution in [0.2, 0.25) is 0 Å². The zero-order valence-corrected chi connectivity index (χ0v) is 12.6. The first-order valence-corrected chi connectivity index (χ1v) is 7.42. The highest BCUT2D eigenvalue weighted by Crippen LogP contribution is 2.23. The van der Waals surface area contributed by atoms with E-state index in [-0.39, 0.29) is 18.2 Å². The summed E-state index contributed by atoms with van der Waals surface area (Å²) in [6, 6.07) is 3.69. The number of carboxylic acids is 1. The van der Waals surface area contributed by atoms with Crippen LogP contribution in [0.25, 0.3) is 0 Å². The molecule has 114 valence electrons. The molecule has 0 radical (unpaired) electrons. The lowest BCUT2D eigenvalue weighted by atomic mass is 9.93. The second-order valence-electron chi connectivity index (χ2n) is 5.78. The number of rotatable bonds is 4. The normalized spacial score (nSPS) is 18.6. The fraction of sp³-hybridized carbons (Fsp3) is 0.562. The predicted octanol–water partition coefficient (Wildman–Crippen LogP) is 2.42. The van der Waals surface area contributed by atoms with E-state index in [1.165, 1.54) is 0 Å². The lowest BCUT2D eigenvalue weighted by Gasteiger charge is -2.33. The number of amides is 1. The minimum absolute atomic E-state index is 0.0139. The molecule has 0 spiro atoms. The van der Waals surface area contributed by atoms with Gasteiger partial charge in [-0.15, -0.1) is 0 Å². The average Bonchev–Trinajstić information content (AvgIpc) is 2.45. The van der Waals surface area contributed by atoms with Crippen LogP contribution in [0.15, 0.2) is 12.1 Å². The third-order valence-corrected chi connectivity index (χ3v) is 4.03. The van der Waals surface area contributed by atoms with E-state index in [0.717, 1.165) is 30.8 Å². The van der Waals surface area contributed by atoms with Gasteiger partial charge in [-0.2, -0.15) is 0 Å². The Hall–Kier alpha value is -1.91. The topological polar surface area (TPSA) is 70.5 Å². The highest BCUT2D eigenvalue weighted by molar-refractivity contribution is 5.95. The Morgan fingerprint density at radius 3 is 2.81 bits per heavy atom. The van der Waals surface area contributed by atoms with Gasteiger partial charge in [0.2, 0.25) is 0 Å². The van der Waals surface area contributed by atoms with Crippen molar-refractivity contribution in [1.82, 2.24) is 9.88 Å². The van der Waals surface area contributed by atoms with E-state index in [1.807, 2.05) is 30.9 Å². The van der Waals surface area contributed by atoms with Crippen molar-refractivity contribution in [2.75, 3.05) is 13.1 Å². The summed E-state index contributed by atoms with van der Waals surface area (Å²) >= 11 is 0. The molecule has 1 aliphatic rings. The summed E-state index contributed by atoms with van der Waals surface area (Å²) < 4.78 is 0. The molecule has 1 aromatic heterocycles. The fourth-order valence-corrected chi connectivity index (χ4v) is 2.90. The van der Waals surface area contributed by atoms with Crippen LogP contribution in [0, 0.1) is 19.8 Å². The van der Waals surface area contributed by atoms with Crippen LogP contribution >= 0.6 is 0 Å². The second-order valence-corrected chi connectivity index (χ2v) is 5.78. The van der Waals surface area contributed by atoms with Gasteiger partial charge < -0.3 is 10.0 Å². The van der Waals surface area contributed by atoms with Gasteiger partial charge in [0.05, 0.1) is 11.3 Å². The Kier molecular flexibility index (Phi) is 4.94. The number of carboxylic acid groups (broad SMARTS) is 1. The van der Waals surface area contributed by atoms with Crippen molar-refractivity contribution in [3.05, 3.63) is 29.1 Å². The highest BCUT2D eigenvalue weighted by Gasteiger charge is 2.25. The first-order chi connectivity index (χ1) is 9.97. The minimum Gasteiger partial charge on any atom is -0.481 e. The first-order valence-electron chi connectivity index (χ1n) is 7.42. The van der Waals surface area contributed by atoms with Gasteiger partial charge in [0.15, 0.2) is 0 Å². The molecular weight excluding hydrogens is 268 g/mol. The van der Waals surface area contributed by atoms with Crippen molar-refractivity contribution in [3.8, 4) is 0 Å². The molecule has 1 fully saturated rings. The Balaban J connectivity index is 2.03. The van der Waals surface area contributed by atoms with Gasteiger partial charge in [-0.3, -0.25) is 14.6 Å². The zero-order chi connectivity index (χ0) is 15.4. The number of piperidine rings is 1. The molecule has 2 rings (SSSR count). The monoisotopic (exact) mass is 290 g/mol. The smallest absolute Gasteiger partial charge is 0.303 e. The van der Waals surface area contributed by atoms with E-state index in [0.29, 0.717) is 18.5 Å². The summed E-state index contributed by atoms with van der Waals surface area (Å²) in [4.78, 5) is 29.4. The molecule has 5 heteroatoms. The van der Waals surface area contributed by atoms with Crippen molar-refractivity contribution in [2.45, 2.75) is 39.5 Å². The van der Waals surface area contributed by atoms with Gasteiger partial charge in [0, 0.05) is 25.2 Å². The number of carbonyl (C=O) groups excluding carboxylic acids is 1. The minimum atomic E-state index is -0.767. The number of carbonyl (C=O) groups is 2. The molecule has 1 N–H and O–H groups in total. The maximum Gasteiger partial charge on any atom is 0.303 e. The van der Waals surface area contributed by atoms with Crippen molar-refractivity contribution in [1.29, 1.82) is 0 Å². The zero-order valence-electron chi connectivity index (χ0n) is 12.6. The van der Waals surface area contributed by atoms with Crippen LogP contribution in [0.3, 0.4) is 0 Å². The molecule has 5 nitrogen and oxygen atoms in total. The van der Waals surface area contributed by atoms with E-state index in [9.17, 15) is 9.59 Å². The largest absolute Gasteiger partial charge is 0.481 e. The molecule has 0 bridgehead atoms. The van der Waals surface area contributed by atoms with Crippen LogP contribution < -0.4 is 0 Å². The summed E-state index contributed by atoms with van der Waals surface area (Å²) in [6.07, 6.45) is 2.76. The number of likely N-dealkylation sites (tertiary alicyclic amines) is 1. The summed E-state index contributed by atoms with van der Waals surface area (Å²) in [7, 11) is 0. The SMILES string of the molecule is Cc1ccc(C(=O)N2CCCC(CCC(=O)O)C2)c(C)n1. The van der Waals surface area contributed by atoms with E-state index >= 15 is 0 Å². The summed E-state index contributed by atoms with van der Waals surface area (Å²) in [5.41, 5.74) is 2.31. The van der Waals surface area contributed by atoms with Crippen LogP contribution in [0.4, 0.5) is 0 Å². The molecule has 1 unspecified atom stereocenters. The van der Waals surface area contributed by atoms with Gasteiger partial charge in [-0.1, -0.05) is 0 Å². The Labute approximate surface area is 125 Å². The Morgan fingerprint density at radius 2 is 2.14 bits per heavy atom. The third-order valence-electron chi connectivity index (χ3n) is 4.03. The fourth-order valence-electron chi connectivity index (χ4n) is 2.90. The van der Waals surface area contributed by atoms with E-state index in [2.05, 4.69) is 4.98 Å². The molecule has 1 atom stereocenters. The number of nitrogens with zero attached hydrogens (tertiary/aromatic N) is 2. The summed E-state index contributed by atoms with van der Waals surface area (Å²) in [6.45, 7) is 5.16. The van der Waals surface area contributed by atoms with Gasteiger partial charge >= 0.3 is 5.97 Å². The molecule has 2 heterocycles. The maximum absolute atomic E-state index is 12.6. The maximum atomic E-state index is 12.6. The number of pyridine rings is 1. The van der Waals surface area contributed by atoms with E-state index in [1.54, 1.807) is 0 Å². The van der Waals surface area contributed by atoms with Crippen molar-refractivity contribution >= 4 is 11.9 Å². The standard InChI is InChI=1S/C16H22N2O3/c1-11-5-7-14(12(2)17-11)16(21)18-9-3-4-13(10-18)6-8-15(19)20/h5,7,13H,3-4,6,8-10H2,1-2H3,(H,19,20). The molecule has 1 saturated heterocycles. The second kappa shape index (κ2) is 6.70. The lowest BCUT2D eigenvalue weighted by Crippen LogP contribution is -2.40. The van der Waals surface area contributed by atoms with Crippen LogP contribution in [0.1, 0.15) is 47.4 Å². The average molecular weight is 290 g/mol. The Morgan fingerprint density at radius 1 is 1.38 bits per heavy atom. The van der Waals surface area contributed by atoms with E-state index in [4.69, 9.17) is 5.11 Å². The van der Waals surface area contributed by atoms with Crippen molar-refractivity contribution in [2.24, 2.45) is 5.92 Å². The molecule has 1 aliphatic heterocycles. The molecule has 0 aromatic carbocycles. The molecule has 0 saturated carbocycles. The quantitative estimate of drug-likeness (QED) is 0.924. The molecule has 0 aliphatic carbocycles. The number of aryl methyl sites for hydroxylation is 2. The number of hydrogen-bond donors (Lipinski definition) is 1. The number of aromatic nitrogens is 1. The van der Waals surface area contributed by atoms with Gasteiger partial charge in [-0.05, 0) is 51.2 Å². The third kappa shape index (κ3) is 4.03. The first kappa shape index (κ1) is 15.5. The molecule has 21 heavy (non-hydrogen) atoms. The number of aliphatic carboxylic acids is 1. The highest BCUT2D eigenvalue weighted by atomic mass is 16.4. The van der Waals surface area contributed by atoms with Crippen LogP contribution in [-0.4, -0.2) is 40.0 Å². The predicted molar refractivity (Wildman–Crippen MR) is 79.2 cm³/mol. The van der Waals surface area contributed by atoms with Crippen LogP contribution in [0.5, 0.6) is 0 Å². The molecule has 1 aromatic rings. The molecule has 1 amide bonds. The van der Waals surface area contributed by atoms with Gasteiger partial charge in [0.25, 0.3) is 5.91 Å². The van der Waals surface area contributed by atoms with Gasteiger partial charge in [0.1, 0.15) is 0 Å². The van der Waals surface area contributed by atoms with E-state index < -0.39 is 5.97 Å². The van der Waals surface area contributed by atoms with Crippen LogP contribution in [-0.2, 0) is 4.79 Å².